The summed E-state index contributed by atoms with van der Waals surface area (Å²) in [7, 11) is -2.28. The van der Waals surface area contributed by atoms with Crippen molar-refractivity contribution in [2.75, 3.05) is 25.1 Å². The molecule has 0 fully saturated rings. The minimum atomic E-state index is -3.84. The van der Waals surface area contributed by atoms with Gasteiger partial charge in [-0.15, -0.1) is 0 Å². The van der Waals surface area contributed by atoms with Crippen molar-refractivity contribution in [2.24, 2.45) is 0 Å². The van der Waals surface area contributed by atoms with Gasteiger partial charge in [0.25, 0.3) is 5.91 Å². The van der Waals surface area contributed by atoms with Gasteiger partial charge in [0.15, 0.2) is 0 Å². The fraction of sp³-hybridized carbons (Fsp3) is 0.364. The lowest BCUT2D eigenvalue weighted by atomic mass is 10.3. The van der Waals surface area contributed by atoms with Crippen LogP contribution >= 0.6 is 0 Å². The van der Waals surface area contributed by atoms with E-state index < -0.39 is 22.8 Å². The number of benzene rings is 1. The van der Waals surface area contributed by atoms with Crippen molar-refractivity contribution in [2.45, 2.75) is 6.92 Å². The summed E-state index contributed by atoms with van der Waals surface area (Å²) in [6.45, 7) is 1.31. The van der Waals surface area contributed by atoms with Crippen molar-refractivity contribution in [3.05, 3.63) is 30.3 Å². The van der Waals surface area contributed by atoms with E-state index in [-0.39, 0.29) is 6.54 Å². The molecule has 1 rings (SSSR count). The molecule has 0 saturated carbocycles. The molecular formula is C11H16N2O4S. The van der Waals surface area contributed by atoms with Gasteiger partial charge in [-0.3, -0.25) is 4.79 Å². The van der Waals surface area contributed by atoms with Crippen molar-refractivity contribution in [3.63, 3.8) is 0 Å². The molecule has 0 saturated heterocycles. The highest BCUT2D eigenvalue weighted by Gasteiger charge is 2.16. The van der Waals surface area contributed by atoms with Crippen LogP contribution in [0.5, 0.6) is 0 Å². The van der Waals surface area contributed by atoms with Gasteiger partial charge in [-0.05, 0) is 12.1 Å². The summed E-state index contributed by atoms with van der Waals surface area (Å²) in [6.07, 6.45) is 0. The number of carbonyl (C=O) groups is 1. The molecular weight excluding hydrogens is 256 g/mol. The molecule has 1 amide bonds. The van der Waals surface area contributed by atoms with Crippen LogP contribution in [0.1, 0.15) is 6.92 Å². The molecule has 0 aliphatic heterocycles. The molecule has 18 heavy (non-hydrogen) atoms. The molecule has 0 radical (unpaired) electrons. The molecule has 100 valence electrons. The Morgan fingerprint density at radius 1 is 1.33 bits per heavy atom. The average Bonchev–Trinajstić information content (AvgIpc) is 2.36. The standard InChI is InChI=1S/C11H16N2O4S/c1-3-12-18(15,16)17-9-11(14)13(2)10-7-5-4-6-8-10/h4-8,12H,3,9H2,1-2H3. The van der Waals surface area contributed by atoms with Crippen molar-refractivity contribution < 1.29 is 17.4 Å². The van der Waals surface area contributed by atoms with E-state index in [1.54, 1.807) is 38.2 Å². The maximum absolute atomic E-state index is 11.7. The van der Waals surface area contributed by atoms with Crippen LogP contribution in [0.2, 0.25) is 0 Å². The van der Waals surface area contributed by atoms with Gasteiger partial charge in [0.2, 0.25) is 0 Å². The second-order valence-electron chi connectivity index (χ2n) is 3.50. The van der Waals surface area contributed by atoms with Gasteiger partial charge in [-0.1, -0.05) is 25.1 Å². The number of amides is 1. The number of nitrogens with one attached hydrogen (secondary N) is 1. The Bertz CT molecular complexity index is 487. The fourth-order valence-electron chi connectivity index (χ4n) is 1.24. The van der Waals surface area contributed by atoms with Crippen LogP contribution in [0.25, 0.3) is 0 Å². The second kappa shape index (κ2) is 6.48. The van der Waals surface area contributed by atoms with Crippen LogP contribution in [-0.2, 0) is 19.3 Å². The first-order valence-electron chi connectivity index (χ1n) is 5.42. The SMILES string of the molecule is CCNS(=O)(=O)OCC(=O)N(C)c1ccccc1. The first-order valence-corrected chi connectivity index (χ1v) is 6.82. The average molecular weight is 272 g/mol. The Hall–Kier alpha value is -1.44. The summed E-state index contributed by atoms with van der Waals surface area (Å²) in [5.41, 5.74) is 0.673. The molecule has 0 aliphatic carbocycles. The van der Waals surface area contributed by atoms with Crippen LogP contribution < -0.4 is 9.62 Å². The van der Waals surface area contributed by atoms with Crippen molar-refractivity contribution in [1.82, 2.24) is 4.72 Å². The number of para-hydroxylation sites is 1. The highest BCUT2D eigenvalue weighted by molar-refractivity contribution is 7.84. The zero-order valence-corrected chi connectivity index (χ0v) is 11.1. The highest BCUT2D eigenvalue weighted by Crippen LogP contribution is 2.11. The number of anilines is 1. The topological polar surface area (TPSA) is 75.7 Å². The Morgan fingerprint density at radius 3 is 2.50 bits per heavy atom. The third-order valence-corrected chi connectivity index (χ3v) is 3.25. The van der Waals surface area contributed by atoms with E-state index >= 15 is 0 Å². The summed E-state index contributed by atoms with van der Waals surface area (Å²) in [4.78, 5) is 13.0. The first kappa shape index (κ1) is 14.6. The summed E-state index contributed by atoms with van der Waals surface area (Å²) in [5, 5.41) is 0. The predicted molar refractivity (Wildman–Crippen MR) is 68.4 cm³/mol. The summed E-state index contributed by atoms with van der Waals surface area (Å²) in [5.74, 6) is -0.442. The van der Waals surface area contributed by atoms with Gasteiger partial charge >= 0.3 is 10.3 Å². The lowest BCUT2D eigenvalue weighted by Gasteiger charge is -2.16. The molecule has 0 heterocycles. The molecule has 0 aliphatic rings. The van der Waals surface area contributed by atoms with Crippen molar-refractivity contribution >= 4 is 21.9 Å². The van der Waals surface area contributed by atoms with Crippen molar-refractivity contribution in [1.29, 1.82) is 0 Å². The van der Waals surface area contributed by atoms with Crippen molar-refractivity contribution in [3.8, 4) is 0 Å². The lowest BCUT2D eigenvalue weighted by Crippen LogP contribution is -2.34. The quantitative estimate of drug-likeness (QED) is 0.819. The Balaban J connectivity index is 2.57. The number of rotatable bonds is 6. The Morgan fingerprint density at radius 2 is 1.94 bits per heavy atom. The van der Waals surface area contributed by atoms with Gasteiger partial charge in [-0.25, -0.2) is 4.18 Å². The largest absolute Gasteiger partial charge is 0.336 e. The highest BCUT2D eigenvalue weighted by atomic mass is 32.2. The molecule has 0 unspecified atom stereocenters. The van der Waals surface area contributed by atoms with Gasteiger partial charge in [-0.2, -0.15) is 13.1 Å². The van der Waals surface area contributed by atoms with Crippen LogP contribution in [0.4, 0.5) is 5.69 Å². The summed E-state index contributed by atoms with van der Waals surface area (Å²) < 4.78 is 29.1. The zero-order chi connectivity index (χ0) is 13.6. The summed E-state index contributed by atoms with van der Waals surface area (Å²) in [6, 6.07) is 8.89. The normalized spacial score (nSPS) is 11.2. The van der Waals surface area contributed by atoms with Gasteiger partial charge in [0, 0.05) is 19.3 Å². The molecule has 0 atom stereocenters. The molecule has 7 heteroatoms. The molecule has 6 nitrogen and oxygen atoms in total. The van der Waals surface area contributed by atoms with Crippen LogP contribution in [0.3, 0.4) is 0 Å². The van der Waals surface area contributed by atoms with E-state index in [9.17, 15) is 13.2 Å². The molecule has 0 aromatic heterocycles. The number of nitrogens with zero attached hydrogens (tertiary/aromatic N) is 1. The Labute approximate surface area is 107 Å². The van der Waals surface area contributed by atoms with Crippen LogP contribution in [0, 0.1) is 0 Å². The van der Waals surface area contributed by atoms with E-state index in [2.05, 4.69) is 8.91 Å². The molecule has 1 aromatic rings. The third kappa shape index (κ3) is 4.44. The minimum Gasteiger partial charge on any atom is -0.313 e. The van der Waals surface area contributed by atoms with Gasteiger partial charge in [0.1, 0.15) is 6.61 Å². The first-order chi connectivity index (χ1) is 8.46. The monoisotopic (exact) mass is 272 g/mol. The third-order valence-electron chi connectivity index (χ3n) is 2.18. The summed E-state index contributed by atoms with van der Waals surface area (Å²) >= 11 is 0. The molecule has 1 N–H and O–H groups in total. The van der Waals surface area contributed by atoms with E-state index in [4.69, 9.17) is 0 Å². The van der Waals surface area contributed by atoms with E-state index in [0.717, 1.165) is 0 Å². The van der Waals surface area contributed by atoms with Gasteiger partial charge < -0.3 is 4.90 Å². The zero-order valence-electron chi connectivity index (χ0n) is 10.3. The molecule has 0 bridgehead atoms. The second-order valence-corrected chi connectivity index (χ2v) is 4.94. The smallest absolute Gasteiger partial charge is 0.313 e. The lowest BCUT2D eigenvalue weighted by molar-refractivity contribution is -0.120. The number of carbonyl (C=O) groups excluding carboxylic acids is 1. The van der Waals surface area contributed by atoms with Crippen LogP contribution in [0.15, 0.2) is 30.3 Å². The van der Waals surface area contributed by atoms with E-state index in [0.29, 0.717) is 5.69 Å². The predicted octanol–water partition coefficient (Wildman–Crippen LogP) is 0.520. The molecule has 1 aromatic carbocycles. The maximum Gasteiger partial charge on any atom is 0.336 e. The Kier molecular flexibility index (Phi) is 5.26. The van der Waals surface area contributed by atoms with E-state index in [1.807, 2.05) is 6.07 Å². The van der Waals surface area contributed by atoms with E-state index in [1.165, 1.54) is 4.90 Å². The van der Waals surface area contributed by atoms with Gasteiger partial charge in [0.05, 0.1) is 0 Å². The minimum absolute atomic E-state index is 0.213. The fourth-order valence-corrected chi connectivity index (χ4v) is 1.93. The maximum atomic E-state index is 11.7. The number of likely N-dealkylation sites (N-methyl/N-ethyl adjacent to an activating group) is 1. The van der Waals surface area contributed by atoms with Crippen LogP contribution in [-0.4, -0.2) is 34.5 Å². The number of hydrogen-bond donors (Lipinski definition) is 1. The number of hydrogen-bond acceptors (Lipinski definition) is 4. The molecule has 0 spiro atoms.